The monoisotopic (exact) mass is 329 g/mol. The lowest BCUT2D eigenvalue weighted by atomic mass is 10.1. The Hall–Kier alpha value is -1.33. The lowest BCUT2D eigenvalue weighted by molar-refractivity contribution is 0.0599. The van der Waals surface area contributed by atoms with Crippen molar-refractivity contribution in [2.75, 3.05) is 7.11 Å². The molecule has 0 unspecified atom stereocenters. The Balaban J connectivity index is 2.57. The van der Waals surface area contributed by atoms with E-state index in [1.54, 1.807) is 25.1 Å². The largest absolute Gasteiger partial charge is 0.465 e. The number of carbonyl (C=O) groups is 1. The molecule has 0 saturated carbocycles. The zero-order valence-electron chi connectivity index (χ0n) is 9.66. The molecule has 1 aromatic carbocycles. The van der Waals surface area contributed by atoms with Gasteiger partial charge in [0, 0.05) is 10.0 Å². The molecule has 0 aliphatic carbocycles. The minimum absolute atomic E-state index is 0.316. The summed E-state index contributed by atoms with van der Waals surface area (Å²) in [6.45, 7) is 1.66. The zero-order valence-corrected chi connectivity index (χ0v) is 12.0. The molecule has 1 heterocycles. The fourth-order valence-corrected chi connectivity index (χ4v) is 1.98. The molecule has 0 aliphatic rings. The van der Waals surface area contributed by atoms with Crippen molar-refractivity contribution in [1.29, 1.82) is 0 Å². The molecule has 94 valence electrons. The quantitative estimate of drug-likeness (QED) is 0.785. The van der Waals surface area contributed by atoms with E-state index in [1.165, 1.54) is 7.11 Å². The fraction of sp³-hybridized carbons (Fsp3) is 0.167. The molecule has 0 spiro atoms. The van der Waals surface area contributed by atoms with Gasteiger partial charge in [-0.3, -0.25) is 0 Å². The van der Waals surface area contributed by atoms with Gasteiger partial charge in [0.15, 0.2) is 0 Å². The van der Waals surface area contributed by atoms with Gasteiger partial charge in [-0.25, -0.2) is 4.79 Å². The van der Waals surface area contributed by atoms with Crippen LogP contribution in [0.25, 0.3) is 11.3 Å². The summed E-state index contributed by atoms with van der Waals surface area (Å²) in [6.07, 6.45) is 0. The topological polar surface area (TPSA) is 52.3 Å². The summed E-state index contributed by atoms with van der Waals surface area (Å²) < 4.78 is 10.5. The van der Waals surface area contributed by atoms with Crippen molar-refractivity contribution < 1.29 is 14.1 Å². The van der Waals surface area contributed by atoms with Crippen LogP contribution in [0.5, 0.6) is 0 Å². The van der Waals surface area contributed by atoms with Crippen LogP contribution in [0.1, 0.15) is 16.1 Å². The Kier molecular flexibility index (Phi) is 3.73. The third-order valence-corrected chi connectivity index (χ3v) is 3.68. The van der Waals surface area contributed by atoms with Gasteiger partial charge in [0.1, 0.15) is 17.0 Å². The van der Waals surface area contributed by atoms with Crippen molar-refractivity contribution in [3.05, 3.63) is 39.0 Å². The Morgan fingerprint density at radius 3 is 2.83 bits per heavy atom. The number of halogens is 2. The van der Waals surface area contributed by atoms with E-state index in [0.717, 1.165) is 4.47 Å². The standard InChI is InChI=1S/C12H9BrClNO3/c1-6-10(12(16)17-2)11(15-18-6)7-3-4-8(13)9(14)5-7/h3-5H,1-2H3. The molecule has 2 aromatic rings. The highest BCUT2D eigenvalue weighted by atomic mass is 79.9. The molecule has 0 fully saturated rings. The molecular weight excluding hydrogens is 321 g/mol. The first-order valence-electron chi connectivity index (χ1n) is 5.04. The average molecular weight is 331 g/mol. The predicted octanol–water partition coefficient (Wildman–Crippen LogP) is 3.85. The maximum absolute atomic E-state index is 11.7. The number of benzene rings is 1. The van der Waals surface area contributed by atoms with Crippen LogP contribution in [-0.4, -0.2) is 18.2 Å². The Labute approximate surface area is 117 Å². The molecule has 6 heteroatoms. The van der Waals surface area contributed by atoms with E-state index in [9.17, 15) is 4.79 Å². The van der Waals surface area contributed by atoms with E-state index >= 15 is 0 Å². The van der Waals surface area contributed by atoms with Gasteiger partial charge < -0.3 is 9.26 Å². The van der Waals surface area contributed by atoms with Crippen molar-refractivity contribution >= 4 is 33.5 Å². The summed E-state index contributed by atoms with van der Waals surface area (Å²) >= 11 is 9.32. The number of rotatable bonds is 2. The van der Waals surface area contributed by atoms with Crippen LogP contribution in [0.15, 0.2) is 27.2 Å². The number of hydrogen-bond donors (Lipinski definition) is 0. The van der Waals surface area contributed by atoms with Gasteiger partial charge in [-0.2, -0.15) is 0 Å². The van der Waals surface area contributed by atoms with Crippen molar-refractivity contribution in [2.24, 2.45) is 0 Å². The molecule has 0 amide bonds. The van der Waals surface area contributed by atoms with E-state index in [0.29, 0.717) is 27.6 Å². The van der Waals surface area contributed by atoms with Crippen LogP contribution >= 0.6 is 27.5 Å². The number of aryl methyl sites for hydroxylation is 1. The molecule has 0 aliphatic heterocycles. The molecule has 18 heavy (non-hydrogen) atoms. The summed E-state index contributed by atoms with van der Waals surface area (Å²) in [4.78, 5) is 11.7. The van der Waals surface area contributed by atoms with Crippen molar-refractivity contribution in [3.63, 3.8) is 0 Å². The normalized spacial score (nSPS) is 10.4. The lowest BCUT2D eigenvalue weighted by Crippen LogP contribution is -2.03. The molecule has 0 radical (unpaired) electrons. The van der Waals surface area contributed by atoms with Crippen molar-refractivity contribution in [1.82, 2.24) is 5.16 Å². The molecule has 0 N–H and O–H groups in total. The molecular formula is C12H9BrClNO3. The van der Waals surface area contributed by atoms with E-state index in [-0.39, 0.29) is 0 Å². The number of carbonyl (C=O) groups excluding carboxylic acids is 1. The number of hydrogen-bond acceptors (Lipinski definition) is 4. The van der Waals surface area contributed by atoms with E-state index < -0.39 is 5.97 Å². The highest BCUT2D eigenvalue weighted by Gasteiger charge is 2.22. The zero-order chi connectivity index (χ0) is 13.3. The summed E-state index contributed by atoms with van der Waals surface area (Å²) in [6, 6.07) is 5.28. The maximum Gasteiger partial charge on any atom is 0.343 e. The third-order valence-electron chi connectivity index (χ3n) is 2.45. The van der Waals surface area contributed by atoms with Crippen LogP contribution in [0, 0.1) is 6.92 Å². The lowest BCUT2D eigenvalue weighted by Gasteiger charge is -2.02. The van der Waals surface area contributed by atoms with Crippen molar-refractivity contribution in [2.45, 2.75) is 6.92 Å². The summed E-state index contributed by atoms with van der Waals surface area (Å²) in [5, 5.41) is 4.41. The van der Waals surface area contributed by atoms with Crippen LogP contribution in [0.3, 0.4) is 0 Å². The fourth-order valence-electron chi connectivity index (χ4n) is 1.56. The first kappa shape index (κ1) is 13.1. The number of methoxy groups -OCH3 is 1. The molecule has 0 saturated heterocycles. The minimum atomic E-state index is -0.484. The first-order chi connectivity index (χ1) is 8.54. The Morgan fingerprint density at radius 2 is 2.22 bits per heavy atom. The van der Waals surface area contributed by atoms with Crippen molar-refractivity contribution in [3.8, 4) is 11.3 Å². The molecule has 2 rings (SSSR count). The summed E-state index contributed by atoms with van der Waals surface area (Å²) in [7, 11) is 1.31. The molecule has 4 nitrogen and oxygen atoms in total. The van der Waals surface area contributed by atoms with E-state index in [2.05, 4.69) is 21.1 Å². The number of ether oxygens (including phenoxy) is 1. The smallest absolute Gasteiger partial charge is 0.343 e. The van der Waals surface area contributed by atoms with Gasteiger partial charge in [-0.15, -0.1) is 0 Å². The minimum Gasteiger partial charge on any atom is -0.465 e. The summed E-state index contributed by atoms with van der Waals surface area (Å²) in [5.74, 6) is -0.0707. The molecule has 0 atom stereocenters. The van der Waals surface area contributed by atoms with E-state index in [1.807, 2.05) is 0 Å². The number of aromatic nitrogens is 1. The van der Waals surface area contributed by atoms with Crippen LogP contribution < -0.4 is 0 Å². The van der Waals surface area contributed by atoms with Gasteiger partial charge in [0.05, 0.1) is 12.1 Å². The van der Waals surface area contributed by atoms with Gasteiger partial charge in [-0.1, -0.05) is 22.8 Å². The second-order valence-corrected chi connectivity index (χ2v) is 4.84. The molecule has 1 aromatic heterocycles. The van der Waals surface area contributed by atoms with Gasteiger partial charge in [0.25, 0.3) is 0 Å². The number of nitrogens with zero attached hydrogens (tertiary/aromatic N) is 1. The Morgan fingerprint density at radius 1 is 1.50 bits per heavy atom. The van der Waals surface area contributed by atoms with Gasteiger partial charge >= 0.3 is 5.97 Å². The highest BCUT2D eigenvalue weighted by Crippen LogP contribution is 2.31. The SMILES string of the molecule is COC(=O)c1c(-c2ccc(Br)c(Cl)c2)noc1C. The van der Waals surface area contributed by atoms with Crippen LogP contribution in [-0.2, 0) is 4.74 Å². The van der Waals surface area contributed by atoms with Crippen LogP contribution in [0.4, 0.5) is 0 Å². The van der Waals surface area contributed by atoms with Crippen LogP contribution in [0.2, 0.25) is 5.02 Å². The Bertz CT molecular complexity index is 609. The van der Waals surface area contributed by atoms with Gasteiger partial charge in [-0.05, 0) is 35.0 Å². The second kappa shape index (κ2) is 5.12. The molecule has 0 bridgehead atoms. The van der Waals surface area contributed by atoms with Gasteiger partial charge in [0.2, 0.25) is 0 Å². The number of esters is 1. The van der Waals surface area contributed by atoms with E-state index in [4.69, 9.17) is 20.9 Å². The highest BCUT2D eigenvalue weighted by molar-refractivity contribution is 9.10. The third kappa shape index (κ3) is 2.28. The predicted molar refractivity (Wildman–Crippen MR) is 70.7 cm³/mol. The first-order valence-corrected chi connectivity index (χ1v) is 6.21. The average Bonchev–Trinajstić information content (AvgIpc) is 2.74. The maximum atomic E-state index is 11.7. The second-order valence-electron chi connectivity index (χ2n) is 3.58. The summed E-state index contributed by atoms with van der Waals surface area (Å²) in [5.41, 5.74) is 1.44.